The third-order valence-corrected chi connectivity index (χ3v) is 13.9. The normalized spacial score (nSPS) is 12.4. The second kappa shape index (κ2) is 17.8. The van der Waals surface area contributed by atoms with Crippen molar-refractivity contribution in [3.05, 3.63) is 133 Å². The number of benzene rings is 4. The van der Waals surface area contributed by atoms with Crippen molar-refractivity contribution < 1.29 is 0 Å². The van der Waals surface area contributed by atoms with E-state index in [1.165, 1.54) is 84.9 Å². The number of hydrogen-bond donors (Lipinski definition) is 0. The SMILES string of the molecule is CC(C)(CCC/C=C/CCCC(C)(C)CCP(c1ccccc1)c1ccccc1)CCP(c1ccccc1)c1ccccc1. The average Bonchev–Trinajstić information content (AvgIpc) is 3.04. The Morgan fingerprint density at radius 3 is 0.955 bits per heavy atom. The molecule has 4 rings (SSSR count). The summed E-state index contributed by atoms with van der Waals surface area (Å²) in [4.78, 5) is 0. The lowest BCUT2D eigenvalue weighted by Crippen LogP contribution is -2.19. The predicted octanol–water partition coefficient (Wildman–Crippen LogP) is 11.0. The molecule has 0 bridgehead atoms. The molecule has 0 fully saturated rings. The Labute approximate surface area is 271 Å². The Kier molecular flexibility index (Phi) is 13.9. The van der Waals surface area contributed by atoms with Crippen LogP contribution in [0.4, 0.5) is 0 Å². The summed E-state index contributed by atoms with van der Waals surface area (Å²) in [6.07, 6.45) is 17.6. The maximum Gasteiger partial charge on any atom is -0.0195 e. The average molecular weight is 621 g/mol. The molecular weight excluding hydrogens is 566 g/mol. The number of allylic oxidation sites excluding steroid dienone is 2. The van der Waals surface area contributed by atoms with Crippen LogP contribution in [0.1, 0.15) is 79.1 Å². The second-order valence-electron chi connectivity index (χ2n) is 13.7. The number of rotatable bonds is 18. The van der Waals surface area contributed by atoms with E-state index in [1.54, 1.807) is 0 Å². The Morgan fingerprint density at radius 1 is 0.409 bits per heavy atom. The zero-order chi connectivity index (χ0) is 31.1. The van der Waals surface area contributed by atoms with Crippen LogP contribution in [0.3, 0.4) is 0 Å². The monoisotopic (exact) mass is 620 g/mol. The molecule has 4 aromatic carbocycles. The highest BCUT2D eigenvalue weighted by molar-refractivity contribution is 7.73. The van der Waals surface area contributed by atoms with E-state index >= 15 is 0 Å². The van der Waals surface area contributed by atoms with Gasteiger partial charge in [0.1, 0.15) is 0 Å². The number of unbranched alkanes of at least 4 members (excludes halogenated alkanes) is 2. The first kappa shape index (κ1) is 34.4. The molecule has 2 heteroatoms. The summed E-state index contributed by atoms with van der Waals surface area (Å²) in [5, 5.41) is 6.01. The molecule has 0 aliphatic heterocycles. The van der Waals surface area contributed by atoms with Crippen molar-refractivity contribution in [2.45, 2.75) is 79.1 Å². The Bertz CT molecular complexity index is 1160. The van der Waals surface area contributed by atoms with Crippen molar-refractivity contribution in [2.75, 3.05) is 12.3 Å². The summed E-state index contributed by atoms with van der Waals surface area (Å²) in [6.45, 7) is 9.90. The summed E-state index contributed by atoms with van der Waals surface area (Å²) in [5.74, 6) is 0. The lowest BCUT2D eigenvalue weighted by Gasteiger charge is -2.28. The maximum absolute atomic E-state index is 2.48. The molecule has 0 saturated heterocycles. The molecule has 0 N–H and O–H groups in total. The van der Waals surface area contributed by atoms with Crippen molar-refractivity contribution >= 4 is 37.1 Å². The van der Waals surface area contributed by atoms with Gasteiger partial charge in [-0.15, -0.1) is 0 Å². The molecule has 0 atom stereocenters. The third kappa shape index (κ3) is 11.8. The van der Waals surface area contributed by atoms with E-state index in [0.717, 1.165) is 0 Å². The van der Waals surface area contributed by atoms with Gasteiger partial charge in [-0.25, -0.2) is 0 Å². The molecule has 4 aromatic rings. The molecule has 0 nitrogen and oxygen atoms in total. The lowest BCUT2D eigenvalue weighted by molar-refractivity contribution is 0.315. The quantitative estimate of drug-likeness (QED) is 0.0590. The van der Waals surface area contributed by atoms with Gasteiger partial charge in [0.2, 0.25) is 0 Å². The van der Waals surface area contributed by atoms with E-state index < -0.39 is 0 Å². The molecule has 232 valence electrons. The first-order valence-electron chi connectivity index (χ1n) is 16.7. The van der Waals surface area contributed by atoms with E-state index in [1.807, 2.05) is 0 Å². The van der Waals surface area contributed by atoms with Gasteiger partial charge in [0.15, 0.2) is 0 Å². The summed E-state index contributed by atoms with van der Waals surface area (Å²) in [6, 6.07) is 44.7. The smallest absolute Gasteiger partial charge is 0.0195 e. The molecule has 0 spiro atoms. The van der Waals surface area contributed by atoms with Crippen LogP contribution >= 0.6 is 15.8 Å². The Morgan fingerprint density at radius 2 is 0.682 bits per heavy atom. The first-order chi connectivity index (χ1) is 21.3. The molecule has 44 heavy (non-hydrogen) atoms. The van der Waals surface area contributed by atoms with Gasteiger partial charge in [-0.1, -0.05) is 161 Å². The fourth-order valence-electron chi connectivity index (χ4n) is 5.96. The predicted molar refractivity (Wildman–Crippen MR) is 202 cm³/mol. The fourth-order valence-corrected chi connectivity index (χ4v) is 11.4. The van der Waals surface area contributed by atoms with Crippen LogP contribution in [0.25, 0.3) is 0 Å². The van der Waals surface area contributed by atoms with Gasteiger partial charge in [0, 0.05) is 0 Å². The highest BCUT2D eigenvalue weighted by atomic mass is 31.1. The van der Waals surface area contributed by atoms with Crippen LogP contribution in [0.2, 0.25) is 0 Å². The van der Waals surface area contributed by atoms with Gasteiger partial charge in [-0.3, -0.25) is 0 Å². The van der Waals surface area contributed by atoms with E-state index in [4.69, 9.17) is 0 Å². The van der Waals surface area contributed by atoms with Gasteiger partial charge in [0.25, 0.3) is 0 Å². The van der Waals surface area contributed by atoms with E-state index in [9.17, 15) is 0 Å². The molecule has 0 aliphatic rings. The molecular formula is C42H54P2. The van der Waals surface area contributed by atoms with Crippen LogP contribution in [0, 0.1) is 10.8 Å². The molecule has 0 saturated carbocycles. The summed E-state index contributed by atoms with van der Waals surface area (Å²) in [7, 11) is -0.595. The Balaban J connectivity index is 1.16. The van der Waals surface area contributed by atoms with Gasteiger partial charge < -0.3 is 0 Å². The zero-order valence-electron chi connectivity index (χ0n) is 27.7. The fraction of sp³-hybridized carbons (Fsp3) is 0.381. The maximum atomic E-state index is 2.48. The van der Waals surface area contributed by atoms with Crippen LogP contribution in [-0.2, 0) is 0 Å². The van der Waals surface area contributed by atoms with Crippen LogP contribution in [0.5, 0.6) is 0 Å². The minimum atomic E-state index is -0.297. The topological polar surface area (TPSA) is 0 Å². The second-order valence-corrected chi connectivity index (χ2v) is 18.4. The van der Waals surface area contributed by atoms with Crippen molar-refractivity contribution in [3.63, 3.8) is 0 Å². The molecule has 0 unspecified atom stereocenters. The molecule has 0 aliphatic carbocycles. The zero-order valence-corrected chi connectivity index (χ0v) is 29.5. The number of hydrogen-bond acceptors (Lipinski definition) is 0. The standard InChI is InChI=1S/C42H54P2/c1-41(2,33-35-43(37-23-13-9-14-24-37)38-25-15-10-16-26-38)31-21-7-5-6-8-22-32-42(3,4)34-36-44(39-27-17-11-18-28-39)40-29-19-12-20-30-40/h5-6,9-20,23-30H,7-8,21-22,31-36H2,1-4H3/b6-5+. The minimum Gasteiger partial charge on any atom is -0.0885 e. The highest BCUT2D eigenvalue weighted by Crippen LogP contribution is 2.40. The van der Waals surface area contributed by atoms with Crippen LogP contribution in [-0.4, -0.2) is 12.3 Å². The van der Waals surface area contributed by atoms with Gasteiger partial charge in [-0.2, -0.15) is 0 Å². The Hall–Kier alpha value is -2.52. The summed E-state index contributed by atoms with van der Waals surface area (Å²) >= 11 is 0. The highest BCUT2D eigenvalue weighted by Gasteiger charge is 2.23. The van der Waals surface area contributed by atoms with Crippen molar-refractivity contribution in [1.82, 2.24) is 0 Å². The first-order valence-corrected chi connectivity index (χ1v) is 19.8. The lowest BCUT2D eigenvalue weighted by atomic mass is 9.84. The van der Waals surface area contributed by atoms with Crippen LogP contribution < -0.4 is 21.2 Å². The van der Waals surface area contributed by atoms with Gasteiger partial charge >= 0.3 is 0 Å². The summed E-state index contributed by atoms with van der Waals surface area (Å²) < 4.78 is 0. The van der Waals surface area contributed by atoms with E-state index in [2.05, 4.69) is 161 Å². The van der Waals surface area contributed by atoms with Crippen molar-refractivity contribution in [2.24, 2.45) is 10.8 Å². The molecule has 0 radical (unpaired) electrons. The molecule has 0 amide bonds. The van der Waals surface area contributed by atoms with Crippen molar-refractivity contribution in [1.29, 1.82) is 0 Å². The van der Waals surface area contributed by atoms with Crippen molar-refractivity contribution in [3.8, 4) is 0 Å². The van der Waals surface area contributed by atoms with Gasteiger partial charge in [0.05, 0.1) is 0 Å². The minimum absolute atomic E-state index is 0.297. The molecule has 0 aromatic heterocycles. The van der Waals surface area contributed by atoms with Gasteiger partial charge in [-0.05, 0) is 112 Å². The largest absolute Gasteiger partial charge is 0.0885 e. The molecule has 0 heterocycles. The summed E-state index contributed by atoms with van der Waals surface area (Å²) in [5.41, 5.74) is 0.752. The van der Waals surface area contributed by atoms with E-state index in [0.29, 0.717) is 10.8 Å². The van der Waals surface area contributed by atoms with Crippen LogP contribution in [0.15, 0.2) is 133 Å². The third-order valence-electron chi connectivity index (χ3n) is 8.91. The van der Waals surface area contributed by atoms with E-state index in [-0.39, 0.29) is 15.8 Å².